The minimum absolute atomic E-state index is 0.0431. The van der Waals surface area contributed by atoms with E-state index in [1.807, 2.05) is 0 Å². The molecule has 1 rings (SSSR count). The first-order valence-electron chi connectivity index (χ1n) is 5.28. The summed E-state index contributed by atoms with van der Waals surface area (Å²) in [5.74, 6) is -0.469. The molecule has 0 aromatic heterocycles. The van der Waals surface area contributed by atoms with Gasteiger partial charge in [0.2, 0.25) is 0 Å². The summed E-state index contributed by atoms with van der Waals surface area (Å²) < 4.78 is 13.1. The Balaban J connectivity index is 2.65. The Kier molecular flexibility index (Phi) is 5.06. The Labute approximate surface area is 94.9 Å². The fourth-order valence-corrected chi connectivity index (χ4v) is 1.77. The molecule has 1 unspecified atom stereocenters. The smallest absolute Gasteiger partial charge is 0.142 e. The molecule has 0 amide bonds. The van der Waals surface area contributed by atoms with E-state index in [0.29, 0.717) is 12.0 Å². The van der Waals surface area contributed by atoms with Crippen LogP contribution in [-0.4, -0.2) is 5.11 Å². The summed E-state index contributed by atoms with van der Waals surface area (Å²) in [4.78, 5) is 0. The zero-order chi connectivity index (χ0) is 11.3. The molecule has 0 aliphatic carbocycles. The lowest BCUT2D eigenvalue weighted by atomic mass is 10.0. The third-order valence-corrected chi connectivity index (χ3v) is 2.82. The zero-order valence-corrected chi connectivity index (χ0v) is 9.60. The maximum absolute atomic E-state index is 13.1. The van der Waals surface area contributed by atoms with Crippen LogP contribution in [0.3, 0.4) is 0 Å². The number of aliphatic hydroxyl groups excluding tert-OH is 1. The minimum Gasteiger partial charge on any atom is -0.388 e. The average Bonchev–Trinajstić information content (AvgIpc) is 2.22. The molecule has 1 aromatic carbocycles. The summed E-state index contributed by atoms with van der Waals surface area (Å²) in [5.41, 5.74) is 0.493. The van der Waals surface area contributed by atoms with Crippen LogP contribution in [0.25, 0.3) is 0 Å². The summed E-state index contributed by atoms with van der Waals surface area (Å²) in [6.45, 7) is 2.10. The minimum atomic E-state index is -0.653. The van der Waals surface area contributed by atoms with Crippen molar-refractivity contribution >= 4 is 11.6 Å². The number of hydrogen-bond donors (Lipinski definition) is 1. The van der Waals surface area contributed by atoms with E-state index < -0.39 is 11.9 Å². The van der Waals surface area contributed by atoms with E-state index in [2.05, 4.69) is 6.92 Å². The second-order valence-electron chi connectivity index (χ2n) is 3.65. The van der Waals surface area contributed by atoms with Gasteiger partial charge in [-0.2, -0.15) is 0 Å². The van der Waals surface area contributed by atoms with E-state index in [-0.39, 0.29) is 5.02 Å². The molecular weight excluding hydrogens is 215 g/mol. The molecule has 0 saturated heterocycles. The van der Waals surface area contributed by atoms with Gasteiger partial charge in [-0.3, -0.25) is 0 Å². The summed E-state index contributed by atoms with van der Waals surface area (Å²) >= 11 is 5.77. The van der Waals surface area contributed by atoms with Gasteiger partial charge < -0.3 is 5.11 Å². The van der Waals surface area contributed by atoms with Crippen molar-refractivity contribution in [2.24, 2.45) is 0 Å². The van der Waals surface area contributed by atoms with Gasteiger partial charge in [0, 0.05) is 5.56 Å². The molecule has 0 fully saturated rings. The van der Waals surface area contributed by atoms with Crippen LogP contribution < -0.4 is 0 Å². The van der Waals surface area contributed by atoms with Crippen LogP contribution in [0, 0.1) is 5.82 Å². The van der Waals surface area contributed by atoms with Crippen LogP contribution in [-0.2, 0) is 0 Å². The molecule has 15 heavy (non-hydrogen) atoms. The number of aliphatic hydroxyl groups is 1. The van der Waals surface area contributed by atoms with E-state index in [1.165, 1.54) is 6.07 Å². The van der Waals surface area contributed by atoms with E-state index in [0.717, 1.165) is 19.3 Å². The van der Waals surface area contributed by atoms with Gasteiger partial charge >= 0.3 is 0 Å². The number of rotatable bonds is 5. The second-order valence-corrected chi connectivity index (χ2v) is 4.03. The molecule has 0 aliphatic heterocycles. The normalized spacial score (nSPS) is 12.8. The van der Waals surface area contributed by atoms with Crippen molar-refractivity contribution in [2.75, 3.05) is 0 Å². The molecular formula is C12H16ClFO. The maximum Gasteiger partial charge on any atom is 0.142 e. The third kappa shape index (κ3) is 3.47. The highest BCUT2D eigenvalue weighted by Crippen LogP contribution is 2.28. The molecule has 1 aromatic rings. The lowest BCUT2D eigenvalue weighted by Crippen LogP contribution is -1.99. The lowest BCUT2D eigenvalue weighted by Gasteiger charge is -2.12. The van der Waals surface area contributed by atoms with Crippen molar-refractivity contribution in [3.05, 3.63) is 34.6 Å². The van der Waals surface area contributed by atoms with Gasteiger partial charge in [0.05, 0.1) is 11.1 Å². The van der Waals surface area contributed by atoms with Crippen molar-refractivity contribution in [3.63, 3.8) is 0 Å². The molecule has 0 heterocycles. The van der Waals surface area contributed by atoms with Crippen molar-refractivity contribution < 1.29 is 9.50 Å². The van der Waals surface area contributed by atoms with Gasteiger partial charge in [0.15, 0.2) is 0 Å². The Bertz CT molecular complexity index is 314. The summed E-state index contributed by atoms with van der Waals surface area (Å²) in [6, 6.07) is 4.53. The Morgan fingerprint density at radius 1 is 1.40 bits per heavy atom. The number of hydrogen-bond acceptors (Lipinski definition) is 1. The number of unbranched alkanes of at least 4 members (excludes halogenated alkanes) is 2. The molecule has 1 N–H and O–H groups in total. The largest absolute Gasteiger partial charge is 0.388 e. The van der Waals surface area contributed by atoms with Crippen molar-refractivity contribution in [1.29, 1.82) is 0 Å². The van der Waals surface area contributed by atoms with E-state index in [9.17, 15) is 9.50 Å². The topological polar surface area (TPSA) is 20.2 Å². The van der Waals surface area contributed by atoms with E-state index in [1.54, 1.807) is 12.1 Å². The first-order chi connectivity index (χ1) is 7.16. The quantitative estimate of drug-likeness (QED) is 0.756. The Hall–Kier alpha value is -0.600. The SMILES string of the molecule is CCCCCC(O)c1cccc(F)c1Cl. The van der Waals surface area contributed by atoms with Crippen LogP contribution >= 0.6 is 11.6 Å². The maximum atomic E-state index is 13.1. The Morgan fingerprint density at radius 2 is 2.13 bits per heavy atom. The number of halogens is 2. The number of benzene rings is 1. The van der Waals surface area contributed by atoms with Crippen LogP contribution in [0.1, 0.15) is 44.3 Å². The molecule has 3 heteroatoms. The van der Waals surface area contributed by atoms with Gasteiger partial charge in [-0.25, -0.2) is 4.39 Å². The van der Waals surface area contributed by atoms with Gasteiger partial charge in [0.1, 0.15) is 5.82 Å². The third-order valence-electron chi connectivity index (χ3n) is 2.42. The van der Waals surface area contributed by atoms with Gasteiger partial charge in [-0.1, -0.05) is 49.9 Å². The molecule has 0 bridgehead atoms. The van der Waals surface area contributed by atoms with Crippen molar-refractivity contribution in [1.82, 2.24) is 0 Å². The fourth-order valence-electron chi connectivity index (χ4n) is 1.52. The molecule has 0 saturated carbocycles. The van der Waals surface area contributed by atoms with Gasteiger partial charge in [-0.15, -0.1) is 0 Å². The summed E-state index contributed by atoms with van der Waals surface area (Å²) in [7, 11) is 0. The molecule has 0 radical (unpaired) electrons. The first kappa shape index (κ1) is 12.5. The standard InChI is InChI=1S/C12H16ClFO/c1-2-3-4-8-11(15)9-6-5-7-10(14)12(9)13/h5-7,11,15H,2-4,8H2,1H3. The Morgan fingerprint density at radius 3 is 2.80 bits per heavy atom. The predicted octanol–water partition coefficient (Wildman–Crippen LogP) is 4.09. The highest BCUT2D eigenvalue weighted by molar-refractivity contribution is 6.31. The molecule has 1 atom stereocenters. The van der Waals surface area contributed by atoms with Gasteiger partial charge in [0.25, 0.3) is 0 Å². The summed E-state index contributed by atoms with van der Waals surface area (Å²) in [6.07, 6.45) is 3.09. The monoisotopic (exact) mass is 230 g/mol. The molecule has 0 spiro atoms. The van der Waals surface area contributed by atoms with Gasteiger partial charge in [-0.05, 0) is 12.5 Å². The highest BCUT2D eigenvalue weighted by Gasteiger charge is 2.13. The molecule has 0 aliphatic rings. The summed E-state index contributed by atoms with van der Waals surface area (Å²) in [5, 5.41) is 9.84. The fraction of sp³-hybridized carbons (Fsp3) is 0.500. The first-order valence-corrected chi connectivity index (χ1v) is 5.66. The zero-order valence-electron chi connectivity index (χ0n) is 8.84. The second kappa shape index (κ2) is 6.09. The van der Waals surface area contributed by atoms with Crippen molar-refractivity contribution in [3.8, 4) is 0 Å². The predicted molar refractivity (Wildman–Crippen MR) is 60.5 cm³/mol. The van der Waals surface area contributed by atoms with Crippen LogP contribution in [0.5, 0.6) is 0 Å². The molecule has 1 nitrogen and oxygen atoms in total. The highest BCUT2D eigenvalue weighted by atomic mass is 35.5. The van der Waals surface area contributed by atoms with E-state index in [4.69, 9.17) is 11.6 Å². The molecule has 84 valence electrons. The lowest BCUT2D eigenvalue weighted by molar-refractivity contribution is 0.163. The van der Waals surface area contributed by atoms with Crippen LogP contribution in [0.15, 0.2) is 18.2 Å². The van der Waals surface area contributed by atoms with Crippen LogP contribution in [0.2, 0.25) is 5.02 Å². The van der Waals surface area contributed by atoms with E-state index >= 15 is 0 Å². The average molecular weight is 231 g/mol. The van der Waals surface area contributed by atoms with Crippen LogP contribution in [0.4, 0.5) is 4.39 Å². The van der Waals surface area contributed by atoms with Crippen molar-refractivity contribution in [2.45, 2.75) is 38.7 Å².